The lowest BCUT2D eigenvalue weighted by molar-refractivity contribution is -0.148. The molecule has 0 aromatic heterocycles. The fourth-order valence-corrected chi connectivity index (χ4v) is 3.20. The number of ether oxygens (including phenoxy) is 1. The summed E-state index contributed by atoms with van der Waals surface area (Å²) in [7, 11) is 0. The number of halogens is 2. The molecule has 1 N–H and O–H groups in total. The van der Waals surface area contributed by atoms with Gasteiger partial charge in [-0.2, -0.15) is 0 Å². The number of esters is 1. The van der Waals surface area contributed by atoms with Gasteiger partial charge in [0.15, 0.2) is 0 Å². The Morgan fingerprint density at radius 3 is 2.50 bits per heavy atom. The number of hydrogen-bond donors (Lipinski definition) is 1. The zero-order valence-electron chi connectivity index (χ0n) is 11.4. The Bertz CT molecular complexity index is 490. The monoisotopic (exact) mass is 316 g/mol. The van der Waals surface area contributed by atoms with Crippen LogP contribution in [0.25, 0.3) is 0 Å². The van der Waals surface area contributed by atoms with E-state index in [-0.39, 0.29) is 11.9 Å². The lowest BCUT2D eigenvalue weighted by Gasteiger charge is -2.29. The number of aryl methyl sites for hydroxylation is 1. The van der Waals surface area contributed by atoms with Gasteiger partial charge in [0.2, 0.25) is 0 Å². The highest BCUT2D eigenvalue weighted by Crippen LogP contribution is 2.37. The molecule has 5 heteroatoms. The third-order valence-electron chi connectivity index (χ3n) is 3.82. The smallest absolute Gasteiger partial charge is 0.309 e. The molecule has 0 aliphatic carbocycles. The van der Waals surface area contributed by atoms with Gasteiger partial charge in [-0.15, -0.1) is 23.2 Å². The number of benzene rings is 1. The maximum atomic E-state index is 11.5. The van der Waals surface area contributed by atoms with E-state index >= 15 is 0 Å². The number of carbonyl (C=O) groups is 1. The van der Waals surface area contributed by atoms with Gasteiger partial charge >= 0.3 is 5.97 Å². The Kier molecular flexibility index (Phi) is 4.95. The molecule has 1 aromatic rings. The maximum Gasteiger partial charge on any atom is 0.309 e. The standard InChI is InChI=1S/C15H18Cl2O3/c1-8-5-3-4-6-10(8)12(14(16)17)13(18)11-7-9(2)15(19)20-11/h3-6,9,11-14,18H,7H2,1-2H3/t9-,11-,12+,13-/m1/s1. The van der Waals surface area contributed by atoms with Crippen LogP contribution < -0.4 is 0 Å². The number of alkyl halides is 2. The van der Waals surface area contributed by atoms with E-state index in [4.69, 9.17) is 27.9 Å². The largest absolute Gasteiger partial charge is 0.459 e. The van der Waals surface area contributed by atoms with Gasteiger partial charge < -0.3 is 9.84 Å². The molecule has 20 heavy (non-hydrogen) atoms. The van der Waals surface area contributed by atoms with Crippen LogP contribution >= 0.6 is 23.2 Å². The van der Waals surface area contributed by atoms with Crippen LogP contribution in [0.1, 0.15) is 30.4 Å². The Hall–Kier alpha value is -0.770. The average Bonchev–Trinajstić information content (AvgIpc) is 2.72. The van der Waals surface area contributed by atoms with E-state index in [0.29, 0.717) is 6.42 Å². The summed E-state index contributed by atoms with van der Waals surface area (Å²) in [5, 5.41) is 10.5. The minimum Gasteiger partial charge on any atom is -0.459 e. The molecular formula is C15H18Cl2O3. The molecule has 0 unspecified atom stereocenters. The quantitative estimate of drug-likeness (QED) is 0.685. The number of aliphatic hydroxyl groups is 1. The van der Waals surface area contributed by atoms with E-state index < -0.39 is 23.0 Å². The van der Waals surface area contributed by atoms with Gasteiger partial charge in [0, 0.05) is 5.92 Å². The number of rotatable bonds is 4. The summed E-state index contributed by atoms with van der Waals surface area (Å²) in [6, 6.07) is 7.62. The zero-order chi connectivity index (χ0) is 14.9. The summed E-state index contributed by atoms with van der Waals surface area (Å²) in [5.74, 6) is -0.961. The van der Waals surface area contributed by atoms with Gasteiger partial charge in [0.25, 0.3) is 0 Å². The number of aliphatic hydroxyl groups excluding tert-OH is 1. The first-order valence-electron chi connectivity index (χ1n) is 6.64. The molecule has 1 heterocycles. The number of hydrogen-bond acceptors (Lipinski definition) is 3. The van der Waals surface area contributed by atoms with Gasteiger partial charge in [-0.1, -0.05) is 31.2 Å². The molecule has 3 nitrogen and oxygen atoms in total. The van der Waals surface area contributed by atoms with Crippen molar-refractivity contribution in [2.45, 2.75) is 43.2 Å². The summed E-state index contributed by atoms with van der Waals surface area (Å²) < 4.78 is 5.22. The van der Waals surface area contributed by atoms with Crippen LogP contribution in [0.2, 0.25) is 0 Å². The predicted octanol–water partition coefficient (Wildman–Crippen LogP) is 3.19. The van der Waals surface area contributed by atoms with Crippen LogP contribution in [-0.4, -0.2) is 28.1 Å². The van der Waals surface area contributed by atoms with Gasteiger partial charge in [-0.3, -0.25) is 4.79 Å². The Morgan fingerprint density at radius 2 is 2.00 bits per heavy atom. The van der Waals surface area contributed by atoms with Crippen LogP contribution in [-0.2, 0) is 9.53 Å². The molecule has 1 aromatic carbocycles. The third kappa shape index (κ3) is 3.11. The lowest BCUT2D eigenvalue weighted by Crippen LogP contribution is -2.35. The molecule has 0 spiro atoms. The van der Waals surface area contributed by atoms with E-state index in [1.165, 1.54) is 0 Å². The molecule has 1 fully saturated rings. The highest BCUT2D eigenvalue weighted by molar-refractivity contribution is 6.44. The van der Waals surface area contributed by atoms with Gasteiger partial charge in [0.05, 0.1) is 5.92 Å². The van der Waals surface area contributed by atoms with Crippen LogP contribution in [0.4, 0.5) is 0 Å². The highest BCUT2D eigenvalue weighted by atomic mass is 35.5. The fourth-order valence-electron chi connectivity index (χ4n) is 2.63. The maximum absolute atomic E-state index is 11.5. The molecule has 110 valence electrons. The van der Waals surface area contributed by atoms with Gasteiger partial charge in [-0.05, 0) is 24.5 Å². The van der Waals surface area contributed by atoms with Crippen molar-refractivity contribution in [2.24, 2.45) is 5.92 Å². The first-order chi connectivity index (χ1) is 9.41. The van der Waals surface area contributed by atoms with Crippen molar-refractivity contribution in [3.8, 4) is 0 Å². The molecule has 1 saturated heterocycles. The van der Waals surface area contributed by atoms with Crippen molar-refractivity contribution in [1.29, 1.82) is 0 Å². The van der Waals surface area contributed by atoms with Crippen molar-refractivity contribution >= 4 is 29.2 Å². The SMILES string of the molecule is Cc1ccccc1[C@H](C(Cl)Cl)[C@H](O)[C@H]1C[C@@H](C)C(=O)O1. The van der Waals surface area contributed by atoms with Gasteiger partial charge in [0.1, 0.15) is 17.0 Å². The van der Waals surface area contributed by atoms with E-state index in [9.17, 15) is 9.90 Å². The second-order valence-corrected chi connectivity index (χ2v) is 6.48. The zero-order valence-corrected chi connectivity index (χ0v) is 12.9. The molecule has 1 aliphatic rings. The van der Waals surface area contributed by atoms with Crippen molar-refractivity contribution in [1.82, 2.24) is 0 Å². The minimum atomic E-state index is -0.912. The Morgan fingerprint density at radius 1 is 1.35 bits per heavy atom. The van der Waals surface area contributed by atoms with Crippen LogP contribution in [0.5, 0.6) is 0 Å². The van der Waals surface area contributed by atoms with E-state index in [1.807, 2.05) is 31.2 Å². The van der Waals surface area contributed by atoms with Crippen LogP contribution in [0.3, 0.4) is 0 Å². The van der Waals surface area contributed by atoms with Crippen molar-refractivity contribution in [3.63, 3.8) is 0 Å². The minimum absolute atomic E-state index is 0.198. The molecule has 0 radical (unpaired) electrons. The molecule has 0 bridgehead atoms. The first-order valence-corrected chi connectivity index (χ1v) is 7.51. The van der Waals surface area contributed by atoms with Crippen molar-refractivity contribution < 1.29 is 14.6 Å². The van der Waals surface area contributed by atoms with E-state index in [0.717, 1.165) is 11.1 Å². The molecule has 4 atom stereocenters. The number of cyclic esters (lactones) is 1. The average molecular weight is 317 g/mol. The van der Waals surface area contributed by atoms with Crippen molar-refractivity contribution in [2.75, 3.05) is 0 Å². The second-order valence-electron chi connectivity index (χ2n) is 5.32. The normalized spacial score (nSPS) is 25.6. The predicted molar refractivity (Wildman–Crippen MR) is 79.1 cm³/mol. The summed E-state index contributed by atoms with van der Waals surface area (Å²) in [6.45, 7) is 3.73. The molecule has 1 aliphatic heterocycles. The summed E-state index contributed by atoms with van der Waals surface area (Å²) in [4.78, 5) is 10.7. The Balaban J connectivity index is 2.26. The van der Waals surface area contributed by atoms with E-state index in [1.54, 1.807) is 6.92 Å². The molecular weight excluding hydrogens is 299 g/mol. The Labute approximate surface area is 128 Å². The second kappa shape index (κ2) is 6.33. The topological polar surface area (TPSA) is 46.5 Å². The van der Waals surface area contributed by atoms with Crippen molar-refractivity contribution in [3.05, 3.63) is 35.4 Å². The lowest BCUT2D eigenvalue weighted by atomic mass is 9.87. The number of carbonyl (C=O) groups excluding carboxylic acids is 1. The molecule has 0 amide bonds. The third-order valence-corrected chi connectivity index (χ3v) is 4.37. The fraction of sp³-hybridized carbons (Fsp3) is 0.533. The summed E-state index contributed by atoms with van der Waals surface area (Å²) in [6.07, 6.45) is -0.977. The highest BCUT2D eigenvalue weighted by Gasteiger charge is 2.41. The molecule has 2 rings (SSSR count). The molecule has 0 saturated carbocycles. The van der Waals surface area contributed by atoms with Crippen LogP contribution in [0.15, 0.2) is 24.3 Å². The summed E-state index contributed by atoms with van der Waals surface area (Å²) >= 11 is 12.1. The van der Waals surface area contributed by atoms with Gasteiger partial charge in [-0.25, -0.2) is 0 Å². The van der Waals surface area contributed by atoms with Crippen LogP contribution in [0, 0.1) is 12.8 Å². The summed E-state index contributed by atoms with van der Waals surface area (Å²) in [5.41, 5.74) is 1.88. The first kappa shape index (κ1) is 15.6. The van der Waals surface area contributed by atoms with E-state index in [2.05, 4.69) is 0 Å².